The molecule has 0 fully saturated rings. The molecule has 0 bridgehead atoms. The van der Waals surface area contributed by atoms with Gasteiger partial charge >= 0.3 is 11.9 Å². The van der Waals surface area contributed by atoms with Gasteiger partial charge in [-0.25, -0.2) is 9.78 Å². The van der Waals surface area contributed by atoms with E-state index < -0.39 is 11.9 Å². The van der Waals surface area contributed by atoms with Gasteiger partial charge in [-0.05, 0) is 6.07 Å². The zero-order valence-corrected chi connectivity index (χ0v) is 9.61. The Morgan fingerprint density at radius 1 is 1.59 bits per heavy atom. The van der Waals surface area contributed by atoms with Gasteiger partial charge in [0.25, 0.3) is 0 Å². The van der Waals surface area contributed by atoms with Crippen molar-refractivity contribution in [3.05, 3.63) is 28.5 Å². The number of halogens is 1. The maximum Gasteiger partial charge on any atom is 0.341 e. The van der Waals surface area contributed by atoms with E-state index in [1.165, 1.54) is 19.4 Å². The smallest absolute Gasteiger partial charge is 0.341 e. The van der Waals surface area contributed by atoms with Gasteiger partial charge in [0.1, 0.15) is 11.6 Å². The van der Waals surface area contributed by atoms with Crippen LogP contribution in [0.5, 0.6) is 0 Å². The van der Waals surface area contributed by atoms with Crippen LogP contribution < -0.4 is 0 Å². The fourth-order valence-corrected chi connectivity index (χ4v) is 1.17. The summed E-state index contributed by atoms with van der Waals surface area (Å²) < 4.78 is 4.51. The molecule has 0 atom stereocenters. The quantitative estimate of drug-likeness (QED) is 0.489. The van der Waals surface area contributed by atoms with E-state index >= 15 is 0 Å². The van der Waals surface area contributed by atoms with Crippen LogP contribution in [0.2, 0.25) is 5.15 Å². The summed E-state index contributed by atoms with van der Waals surface area (Å²) >= 11 is 5.70. The third-order valence-corrected chi connectivity index (χ3v) is 2.02. The molecular weight excluding hydrogens is 246 g/mol. The van der Waals surface area contributed by atoms with E-state index in [1.807, 2.05) is 0 Å². The molecule has 0 unspecified atom stereocenters. The van der Waals surface area contributed by atoms with E-state index in [9.17, 15) is 9.59 Å². The highest BCUT2D eigenvalue weighted by atomic mass is 35.5. The maximum absolute atomic E-state index is 11.3. The molecular formula is C11H8ClNO4. The second kappa shape index (κ2) is 5.87. The van der Waals surface area contributed by atoms with Gasteiger partial charge in [-0.3, -0.25) is 4.79 Å². The summed E-state index contributed by atoms with van der Waals surface area (Å²) in [6.07, 6.45) is 1.07. The first-order valence-electron chi connectivity index (χ1n) is 4.49. The van der Waals surface area contributed by atoms with Crippen LogP contribution in [0.1, 0.15) is 22.3 Å². The Kier molecular flexibility index (Phi) is 4.49. The van der Waals surface area contributed by atoms with Crippen molar-refractivity contribution < 1.29 is 19.4 Å². The summed E-state index contributed by atoms with van der Waals surface area (Å²) in [7, 11) is 1.22. The number of carboxylic acid groups (broad SMARTS) is 1. The zero-order valence-electron chi connectivity index (χ0n) is 8.86. The van der Waals surface area contributed by atoms with Crippen molar-refractivity contribution in [2.24, 2.45) is 0 Å². The topological polar surface area (TPSA) is 76.5 Å². The predicted octanol–water partition coefficient (Wildman–Crippen LogP) is 1.35. The Bertz CT molecular complexity index is 516. The number of esters is 1. The molecule has 1 rings (SSSR count). The standard InChI is InChI=1S/C11H8ClNO4/c1-17-11(16)8-5-7(6-13-10(8)12)3-2-4-9(14)15/h5-6H,4H2,1H3,(H,14,15). The number of carboxylic acids is 1. The molecule has 0 aliphatic carbocycles. The normalized spacial score (nSPS) is 9.06. The largest absolute Gasteiger partial charge is 0.481 e. The Morgan fingerprint density at radius 2 is 2.29 bits per heavy atom. The average molecular weight is 254 g/mol. The highest BCUT2D eigenvalue weighted by Gasteiger charge is 2.11. The van der Waals surface area contributed by atoms with Crippen molar-refractivity contribution in [1.29, 1.82) is 0 Å². The van der Waals surface area contributed by atoms with Crippen molar-refractivity contribution in [1.82, 2.24) is 4.98 Å². The first kappa shape index (κ1) is 13.0. The van der Waals surface area contributed by atoms with E-state index in [0.29, 0.717) is 5.56 Å². The molecule has 6 heteroatoms. The zero-order chi connectivity index (χ0) is 12.8. The van der Waals surface area contributed by atoms with Gasteiger partial charge in [0.05, 0.1) is 12.7 Å². The summed E-state index contributed by atoms with van der Waals surface area (Å²) in [6, 6.07) is 1.40. The summed E-state index contributed by atoms with van der Waals surface area (Å²) in [5.41, 5.74) is 0.493. The molecule has 1 aromatic heterocycles. The molecule has 5 nitrogen and oxygen atoms in total. The lowest BCUT2D eigenvalue weighted by atomic mass is 10.2. The molecule has 0 saturated carbocycles. The number of rotatable bonds is 2. The second-order valence-electron chi connectivity index (χ2n) is 2.93. The van der Waals surface area contributed by atoms with Crippen LogP contribution in [0.25, 0.3) is 0 Å². The molecule has 0 amide bonds. The Balaban J connectivity index is 2.99. The minimum absolute atomic E-state index is 0.0145. The number of hydrogen-bond acceptors (Lipinski definition) is 4. The first-order chi connectivity index (χ1) is 8.04. The van der Waals surface area contributed by atoms with Crippen molar-refractivity contribution in [2.75, 3.05) is 7.11 Å². The van der Waals surface area contributed by atoms with Crippen LogP contribution in [0.15, 0.2) is 12.3 Å². The number of aromatic nitrogens is 1. The Labute approximate surface area is 102 Å². The number of nitrogens with zero attached hydrogens (tertiary/aromatic N) is 1. The number of carbonyl (C=O) groups is 2. The third-order valence-electron chi connectivity index (χ3n) is 1.72. The summed E-state index contributed by atoms with van der Waals surface area (Å²) in [5.74, 6) is 3.34. The lowest BCUT2D eigenvalue weighted by Gasteiger charge is -2.01. The minimum Gasteiger partial charge on any atom is -0.481 e. The summed E-state index contributed by atoms with van der Waals surface area (Å²) in [6.45, 7) is 0. The molecule has 17 heavy (non-hydrogen) atoms. The van der Waals surface area contributed by atoms with E-state index in [4.69, 9.17) is 16.7 Å². The Hall–Kier alpha value is -2.06. The Morgan fingerprint density at radius 3 is 2.88 bits per heavy atom. The predicted molar refractivity (Wildman–Crippen MR) is 59.7 cm³/mol. The lowest BCUT2D eigenvalue weighted by Crippen LogP contribution is -2.03. The average Bonchev–Trinajstić information content (AvgIpc) is 2.30. The molecule has 0 aliphatic heterocycles. The molecule has 0 radical (unpaired) electrons. The highest BCUT2D eigenvalue weighted by Crippen LogP contribution is 2.14. The fraction of sp³-hybridized carbons (Fsp3) is 0.182. The molecule has 1 heterocycles. The van der Waals surface area contributed by atoms with Crippen LogP contribution in [-0.4, -0.2) is 29.1 Å². The maximum atomic E-state index is 11.3. The number of pyridine rings is 1. The van der Waals surface area contributed by atoms with Crippen LogP contribution in [-0.2, 0) is 9.53 Å². The van der Waals surface area contributed by atoms with Crippen molar-refractivity contribution in [3.8, 4) is 11.8 Å². The fourth-order valence-electron chi connectivity index (χ4n) is 0.991. The molecule has 0 aromatic carbocycles. The highest BCUT2D eigenvalue weighted by molar-refractivity contribution is 6.32. The minimum atomic E-state index is -1.02. The first-order valence-corrected chi connectivity index (χ1v) is 4.87. The number of methoxy groups -OCH3 is 1. The van der Waals surface area contributed by atoms with E-state index in [1.54, 1.807) is 0 Å². The second-order valence-corrected chi connectivity index (χ2v) is 3.28. The lowest BCUT2D eigenvalue weighted by molar-refractivity contribution is -0.135. The number of aliphatic carboxylic acids is 1. The molecule has 1 N–H and O–H groups in total. The van der Waals surface area contributed by atoms with Crippen molar-refractivity contribution in [3.63, 3.8) is 0 Å². The van der Waals surface area contributed by atoms with Crippen LogP contribution in [0, 0.1) is 11.8 Å². The number of carbonyl (C=O) groups excluding carboxylic acids is 1. The van der Waals surface area contributed by atoms with Crippen LogP contribution >= 0.6 is 11.6 Å². The van der Waals surface area contributed by atoms with Gasteiger partial charge < -0.3 is 9.84 Å². The van der Waals surface area contributed by atoms with Gasteiger partial charge in [-0.2, -0.15) is 0 Å². The van der Waals surface area contributed by atoms with Crippen LogP contribution in [0.4, 0.5) is 0 Å². The molecule has 0 spiro atoms. The molecule has 1 aromatic rings. The van der Waals surface area contributed by atoms with Gasteiger partial charge in [0.2, 0.25) is 0 Å². The van der Waals surface area contributed by atoms with Crippen LogP contribution in [0.3, 0.4) is 0 Å². The van der Waals surface area contributed by atoms with Gasteiger partial charge in [0.15, 0.2) is 0 Å². The molecule has 88 valence electrons. The molecule has 0 saturated heterocycles. The molecule has 0 aliphatic rings. The van der Waals surface area contributed by atoms with Gasteiger partial charge in [0, 0.05) is 11.8 Å². The monoisotopic (exact) mass is 253 g/mol. The number of ether oxygens (including phenoxy) is 1. The van der Waals surface area contributed by atoms with Gasteiger partial charge in [-0.1, -0.05) is 23.4 Å². The van der Waals surface area contributed by atoms with E-state index in [-0.39, 0.29) is 17.1 Å². The van der Waals surface area contributed by atoms with Gasteiger partial charge in [-0.15, -0.1) is 0 Å². The SMILES string of the molecule is COC(=O)c1cc(C#CCC(=O)O)cnc1Cl. The van der Waals surface area contributed by atoms with E-state index in [2.05, 4.69) is 21.6 Å². The van der Waals surface area contributed by atoms with Crippen molar-refractivity contribution >= 4 is 23.5 Å². The van der Waals surface area contributed by atoms with Crippen molar-refractivity contribution in [2.45, 2.75) is 6.42 Å². The number of hydrogen-bond donors (Lipinski definition) is 1. The summed E-state index contributed by atoms with van der Waals surface area (Å²) in [4.78, 5) is 25.3. The summed E-state index contributed by atoms with van der Waals surface area (Å²) in [5, 5.41) is 8.42. The van der Waals surface area contributed by atoms with E-state index in [0.717, 1.165) is 0 Å². The third kappa shape index (κ3) is 3.78.